The van der Waals surface area contributed by atoms with Crippen molar-refractivity contribution in [1.82, 2.24) is 29.8 Å². The highest BCUT2D eigenvalue weighted by Crippen LogP contribution is 2.29. The molecule has 2 heterocycles. The predicted octanol–water partition coefficient (Wildman–Crippen LogP) is 4.69. The molecule has 0 amide bonds. The summed E-state index contributed by atoms with van der Waals surface area (Å²) in [4.78, 5) is 13.2. The molecule has 0 bridgehead atoms. The average Bonchev–Trinajstić information content (AvgIpc) is 3.51. The Morgan fingerprint density at radius 2 is 1.49 bits per heavy atom. The summed E-state index contributed by atoms with van der Waals surface area (Å²) in [6, 6.07) is 25.3. The molecule has 0 saturated carbocycles. The highest BCUT2D eigenvalue weighted by atomic mass is 19.1. The van der Waals surface area contributed by atoms with Gasteiger partial charge in [-0.25, -0.2) is 9.89 Å². The van der Waals surface area contributed by atoms with E-state index >= 15 is 4.39 Å². The van der Waals surface area contributed by atoms with Gasteiger partial charge in [-0.15, -0.1) is 5.10 Å². The Morgan fingerprint density at radius 3 is 2.17 bits per heavy atom. The number of hydrogen-bond acceptors (Lipinski definition) is 4. The molecular formula is C27H25FN6O. The van der Waals surface area contributed by atoms with E-state index in [9.17, 15) is 4.79 Å². The maximum atomic E-state index is 15.3. The molecule has 0 aliphatic rings. The van der Waals surface area contributed by atoms with Crippen molar-refractivity contribution in [3.8, 4) is 22.5 Å². The lowest BCUT2D eigenvalue weighted by atomic mass is 9.98. The zero-order valence-electron chi connectivity index (χ0n) is 19.4. The van der Waals surface area contributed by atoms with Gasteiger partial charge in [-0.2, -0.15) is 4.39 Å². The van der Waals surface area contributed by atoms with Crippen LogP contribution < -0.4 is 5.69 Å². The summed E-state index contributed by atoms with van der Waals surface area (Å²) in [5.41, 5.74) is 4.80. The number of nitrogens with zero attached hydrogens (tertiary/aromatic N) is 5. The van der Waals surface area contributed by atoms with Gasteiger partial charge in [-0.3, -0.25) is 9.13 Å². The van der Waals surface area contributed by atoms with E-state index in [0.717, 1.165) is 34.2 Å². The van der Waals surface area contributed by atoms with Crippen LogP contribution in [-0.2, 0) is 19.5 Å². The summed E-state index contributed by atoms with van der Waals surface area (Å²) >= 11 is 0. The van der Waals surface area contributed by atoms with Gasteiger partial charge in [0.2, 0.25) is 5.95 Å². The van der Waals surface area contributed by atoms with Crippen LogP contribution in [0.5, 0.6) is 0 Å². The van der Waals surface area contributed by atoms with Crippen LogP contribution in [-0.4, -0.2) is 29.8 Å². The van der Waals surface area contributed by atoms with E-state index < -0.39 is 5.95 Å². The fourth-order valence-corrected chi connectivity index (χ4v) is 4.34. The van der Waals surface area contributed by atoms with Crippen LogP contribution in [0.25, 0.3) is 22.5 Å². The quantitative estimate of drug-likeness (QED) is 0.358. The minimum absolute atomic E-state index is 0.210. The average molecular weight is 469 g/mol. The number of tetrazole rings is 1. The van der Waals surface area contributed by atoms with Gasteiger partial charge in [0.15, 0.2) is 5.82 Å². The van der Waals surface area contributed by atoms with Crippen molar-refractivity contribution in [3.05, 3.63) is 112 Å². The van der Waals surface area contributed by atoms with E-state index in [2.05, 4.69) is 20.6 Å². The number of imidazole rings is 1. The lowest BCUT2D eigenvalue weighted by Crippen LogP contribution is -2.26. The van der Waals surface area contributed by atoms with Crippen LogP contribution in [0.2, 0.25) is 0 Å². The van der Waals surface area contributed by atoms with E-state index in [1.54, 1.807) is 4.57 Å². The predicted molar refractivity (Wildman–Crippen MR) is 132 cm³/mol. The molecule has 35 heavy (non-hydrogen) atoms. The minimum Gasteiger partial charge on any atom is -0.289 e. The molecule has 7 nitrogen and oxygen atoms in total. The number of benzene rings is 3. The first kappa shape index (κ1) is 22.5. The molecule has 2 aromatic heterocycles. The highest BCUT2D eigenvalue weighted by molar-refractivity contribution is 5.80. The SMILES string of the molecule is CCCc1c(F)n(Cc2ccccc2)c(=O)n1Cc1ccc(-c2ccccc2-c2nnn[nH]2)cc1. The third-order valence-corrected chi connectivity index (χ3v) is 6.07. The molecule has 0 atom stereocenters. The van der Waals surface area contributed by atoms with Crippen LogP contribution in [0.15, 0.2) is 83.7 Å². The van der Waals surface area contributed by atoms with Crippen molar-refractivity contribution in [1.29, 1.82) is 0 Å². The van der Waals surface area contributed by atoms with Gasteiger partial charge in [-0.05, 0) is 39.1 Å². The normalized spacial score (nSPS) is 11.1. The minimum atomic E-state index is -0.452. The standard InChI is InChI=1S/C27H25FN6O/c1-2-8-24-25(28)34(18-19-9-4-3-5-10-19)27(35)33(24)17-20-13-15-21(16-14-20)22-11-6-7-12-23(22)26-29-31-32-30-26/h3-7,9-16H,2,8,17-18H2,1H3,(H,29,30,31,32). The molecule has 5 aromatic rings. The topological polar surface area (TPSA) is 81.4 Å². The number of rotatable bonds is 8. The first-order valence-corrected chi connectivity index (χ1v) is 11.6. The largest absolute Gasteiger partial charge is 0.331 e. The smallest absolute Gasteiger partial charge is 0.289 e. The van der Waals surface area contributed by atoms with Crippen molar-refractivity contribution in [3.63, 3.8) is 0 Å². The molecule has 0 saturated heterocycles. The van der Waals surface area contributed by atoms with Crippen LogP contribution in [0.3, 0.4) is 0 Å². The Kier molecular flexibility index (Phi) is 6.34. The van der Waals surface area contributed by atoms with E-state index in [0.29, 0.717) is 24.5 Å². The molecule has 0 radical (unpaired) electrons. The first-order chi connectivity index (χ1) is 17.2. The van der Waals surface area contributed by atoms with Crippen LogP contribution in [0.4, 0.5) is 4.39 Å². The maximum absolute atomic E-state index is 15.3. The van der Waals surface area contributed by atoms with Crippen molar-refractivity contribution in [2.75, 3.05) is 0 Å². The lowest BCUT2D eigenvalue weighted by molar-refractivity contribution is 0.497. The van der Waals surface area contributed by atoms with Crippen LogP contribution >= 0.6 is 0 Å². The van der Waals surface area contributed by atoms with Gasteiger partial charge in [0.05, 0.1) is 18.8 Å². The van der Waals surface area contributed by atoms with Gasteiger partial charge in [0.1, 0.15) is 0 Å². The van der Waals surface area contributed by atoms with Crippen molar-refractivity contribution < 1.29 is 4.39 Å². The second-order valence-corrected chi connectivity index (χ2v) is 8.42. The summed E-state index contributed by atoms with van der Waals surface area (Å²) in [6.45, 7) is 2.50. The number of hydrogen-bond donors (Lipinski definition) is 1. The number of aromatic nitrogens is 6. The molecular weight excluding hydrogens is 443 g/mol. The third-order valence-electron chi connectivity index (χ3n) is 6.07. The van der Waals surface area contributed by atoms with Crippen LogP contribution in [0, 0.1) is 5.95 Å². The molecule has 176 valence electrons. The van der Waals surface area contributed by atoms with E-state index in [-0.39, 0.29) is 12.2 Å². The molecule has 0 unspecified atom stereocenters. The fraction of sp³-hybridized carbons (Fsp3) is 0.185. The fourth-order valence-electron chi connectivity index (χ4n) is 4.34. The van der Waals surface area contributed by atoms with Crippen molar-refractivity contribution in [2.45, 2.75) is 32.9 Å². The van der Waals surface area contributed by atoms with Crippen molar-refractivity contribution >= 4 is 0 Å². The molecule has 5 rings (SSSR count). The van der Waals surface area contributed by atoms with E-state index in [1.165, 1.54) is 4.57 Å². The monoisotopic (exact) mass is 468 g/mol. The number of nitrogens with one attached hydrogen (secondary N) is 1. The zero-order chi connectivity index (χ0) is 24.2. The molecule has 0 spiro atoms. The summed E-state index contributed by atoms with van der Waals surface area (Å²) in [6.07, 6.45) is 1.25. The lowest BCUT2D eigenvalue weighted by Gasteiger charge is -2.10. The third kappa shape index (κ3) is 4.55. The Labute approximate surface area is 201 Å². The molecule has 1 N–H and O–H groups in total. The number of aromatic amines is 1. The molecule has 0 fully saturated rings. The Balaban J connectivity index is 1.45. The Hall–Kier alpha value is -4.33. The molecule has 0 aliphatic carbocycles. The Bertz CT molecular complexity index is 1470. The summed E-state index contributed by atoms with van der Waals surface area (Å²) in [7, 11) is 0. The molecule has 8 heteroatoms. The summed E-state index contributed by atoms with van der Waals surface area (Å²) in [5, 5.41) is 14.2. The molecule has 3 aromatic carbocycles. The van der Waals surface area contributed by atoms with Gasteiger partial charge in [-0.1, -0.05) is 92.2 Å². The zero-order valence-corrected chi connectivity index (χ0v) is 19.4. The van der Waals surface area contributed by atoms with E-state index in [1.807, 2.05) is 85.8 Å². The summed E-state index contributed by atoms with van der Waals surface area (Å²) in [5.74, 6) is 0.141. The van der Waals surface area contributed by atoms with Gasteiger partial charge < -0.3 is 0 Å². The van der Waals surface area contributed by atoms with Gasteiger partial charge >= 0.3 is 5.69 Å². The first-order valence-electron chi connectivity index (χ1n) is 11.6. The second-order valence-electron chi connectivity index (χ2n) is 8.42. The van der Waals surface area contributed by atoms with Gasteiger partial charge in [0, 0.05) is 5.56 Å². The number of H-pyrrole nitrogens is 1. The second kappa shape index (κ2) is 9.89. The van der Waals surface area contributed by atoms with Gasteiger partial charge in [0.25, 0.3) is 0 Å². The maximum Gasteiger partial charge on any atom is 0.331 e. The molecule has 0 aliphatic heterocycles. The summed E-state index contributed by atoms with van der Waals surface area (Å²) < 4.78 is 18.1. The van der Waals surface area contributed by atoms with E-state index in [4.69, 9.17) is 0 Å². The van der Waals surface area contributed by atoms with Crippen LogP contribution in [0.1, 0.15) is 30.2 Å². The van der Waals surface area contributed by atoms with Crippen molar-refractivity contribution in [2.24, 2.45) is 0 Å². The number of halogens is 1. The Morgan fingerprint density at radius 1 is 0.829 bits per heavy atom. The highest BCUT2D eigenvalue weighted by Gasteiger charge is 2.20.